The van der Waals surface area contributed by atoms with Gasteiger partial charge in [-0.25, -0.2) is 0 Å². The Kier molecular flexibility index (Phi) is 4.25. The Balaban J connectivity index is 1.91. The average Bonchev–Trinajstić information content (AvgIpc) is 2.91. The fourth-order valence-electron chi connectivity index (χ4n) is 1.66. The van der Waals surface area contributed by atoms with Crippen LogP contribution in [0.3, 0.4) is 0 Å². The van der Waals surface area contributed by atoms with E-state index in [1.807, 2.05) is 31.2 Å². The highest BCUT2D eigenvalue weighted by Gasteiger charge is 2.09. The molecule has 0 spiro atoms. The highest BCUT2D eigenvalue weighted by atomic mass is 16.5. The van der Waals surface area contributed by atoms with Gasteiger partial charge in [0.15, 0.2) is 0 Å². The van der Waals surface area contributed by atoms with Crippen LogP contribution >= 0.6 is 0 Å². The number of nitrogens with one attached hydrogen (secondary N) is 1. The Morgan fingerprint density at radius 1 is 1.33 bits per heavy atom. The van der Waals surface area contributed by atoms with E-state index < -0.39 is 6.10 Å². The molecule has 1 heterocycles. The fraction of sp³-hybridized carbons (Fsp3) is 0.286. The van der Waals surface area contributed by atoms with Crippen LogP contribution in [0.2, 0.25) is 0 Å². The van der Waals surface area contributed by atoms with Gasteiger partial charge in [0.2, 0.25) is 0 Å². The summed E-state index contributed by atoms with van der Waals surface area (Å²) in [4.78, 5) is 0. The number of rotatable bonds is 6. The zero-order valence-electron chi connectivity index (χ0n) is 10.3. The number of aliphatic hydroxyl groups excluding tert-OH is 1. The van der Waals surface area contributed by atoms with E-state index >= 15 is 0 Å². The van der Waals surface area contributed by atoms with Crippen LogP contribution in [0.15, 0.2) is 47.1 Å². The number of anilines is 1. The van der Waals surface area contributed by atoms with Gasteiger partial charge in [0.1, 0.15) is 17.6 Å². The zero-order valence-corrected chi connectivity index (χ0v) is 10.3. The molecule has 0 aliphatic heterocycles. The first-order valence-electron chi connectivity index (χ1n) is 5.98. The third-order valence-corrected chi connectivity index (χ3v) is 2.52. The van der Waals surface area contributed by atoms with Crippen molar-refractivity contribution in [1.29, 1.82) is 0 Å². The van der Waals surface area contributed by atoms with E-state index in [1.54, 1.807) is 18.4 Å². The number of hydrogen-bond donors (Lipinski definition) is 2. The molecule has 96 valence electrons. The zero-order chi connectivity index (χ0) is 12.8. The van der Waals surface area contributed by atoms with Crippen molar-refractivity contribution in [1.82, 2.24) is 0 Å². The molecular formula is C14H17NO3. The molecule has 0 aliphatic carbocycles. The van der Waals surface area contributed by atoms with Crippen LogP contribution in [-0.2, 0) is 0 Å². The number of furan rings is 1. The summed E-state index contributed by atoms with van der Waals surface area (Å²) in [7, 11) is 0. The van der Waals surface area contributed by atoms with Crippen LogP contribution in [-0.4, -0.2) is 18.3 Å². The predicted octanol–water partition coefficient (Wildman–Crippen LogP) is 2.82. The first kappa shape index (κ1) is 12.5. The minimum absolute atomic E-state index is 0.392. The van der Waals surface area contributed by atoms with E-state index in [0.29, 0.717) is 18.9 Å². The Bertz CT molecular complexity index is 468. The molecule has 0 radical (unpaired) electrons. The van der Waals surface area contributed by atoms with Crippen molar-refractivity contribution in [3.8, 4) is 5.75 Å². The maximum Gasteiger partial charge on any atom is 0.134 e. The minimum atomic E-state index is -0.657. The maximum atomic E-state index is 9.86. The van der Waals surface area contributed by atoms with Crippen molar-refractivity contribution >= 4 is 5.69 Å². The van der Waals surface area contributed by atoms with Crippen molar-refractivity contribution in [3.63, 3.8) is 0 Å². The predicted molar refractivity (Wildman–Crippen MR) is 69.8 cm³/mol. The molecule has 1 aromatic heterocycles. The van der Waals surface area contributed by atoms with Crippen LogP contribution in [0, 0.1) is 0 Å². The van der Waals surface area contributed by atoms with Crippen molar-refractivity contribution in [3.05, 3.63) is 48.4 Å². The van der Waals surface area contributed by atoms with Crippen molar-refractivity contribution in [2.45, 2.75) is 13.0 Å². The van der Waals surface area contributed by atoms with E-state index in [4.69, 9.17) is 9.15 Å². The van der Waals surface area contributed by atoms with Gasteiger partial charge in [0, 0.05) is 18.3 Å². The summed E-state index contributed by atoms with van der Waals surface area (Å²) in [5, 5.41) is 13.0. The standard InChI is InChI=1S/C14H17NO3/c1-2-17-12-6-3-5-11(9-12)15-10-13(16)14-7-4-8-18-14/h3-9,13,15-16H,2,10H2,1H3. The summed E-state index contributed by atoms with van der Waals surface area (Å²) < 4.78 is 10.5. The highest BCUT2D eigenvalue weighted by Crippen LogP contribution is 2.19. The molecule has 0 bridgehead atoms. The normalized spacial score (nSPS) is 12.1. The van der Waals surface area contributed by atoms with Crippen molar-refractivity contribution < 1.29 is 14.3 Å². The molecule has 0 aliphatic rings. The molecule has 1 atom stereocenters. The van der Waals surface area contributed by atoms with E-state index in [2.05, 4.69) is 5.32 Å². The van der Waals surface area contributed by atoms with Crippen LogP contribution in [0.1, 0.15) is 18.8 Å². The van der Waals surface area contributed by atoms with Gasteiger partial charge in [-0.3, -0.25) is 0 Å². The number of hydrogen-bond acceptors (Lipinski definition) is 4. The lowest BCUT2D eigenvalue weighted by atomic mass is 10.2. The third kappa shape index (κ3) is 3.28. The SMILES string of the molecule is CCOc1cccc(NCC(O)c2ccco2)c1. The molecule has 2 N–H and O–H groups in total. The molecule has 0 saturated carbocycles. The molecule has 2 aromatic rings. The number of aliphatic hydroxyl groups is 1. The molecule has 1 unspecified atom stereocenters. The Labute approximate surface area is 106 Å². The summed E-state index contributed by atoms with van der Waals surface area (Å²) in [5.74, 6) is 1.37. The van der Waals surface area contributed by atoms with Crippen LogP contribution in [0.5, 0.6) is 5.75 Å². The quantitative estimate of drug-likeness (QED) is 0.824. The second-order valence-corrected chi connectivity index (χ2v) is 3.87. The summed E-state index contributed by atoms with van der Waals surface area (Å²) >= 11 is 0. The molecule has 0 fully saturated rings. The molecule has 0 saturated heterocycles. The van der Waals surface area contributed by atoms with Gasteiger partial charge in [0.25, 0.3) is 0 Å². The molecule has 4 heteroatoms. The highest BCUT2D eigenvalue weighted by molar-refractivity contribution is 5.48. The first-order valence-corrected chi connectivity index (χ1v) is 5.98. The van der Waals surface area contributed by atoms with Crippen LogP contribution in [0.25, 0.3) is 0 Å². The average molecular weight is 247 g/mol. The second kappa shape index (κ2) is 6.12. The summed E-state index contributed by atoms with van der Waals surface area (Å²) in [5.41, 5.74) is 0.909. The van der Waals surface area contributed by atoms with E-state index in [0.717, 1.165) is 11.4 Å². The summed E-state index contributed by atoms with van der Waals surface area (Å²) in [6.07, 6.45) is 0.893. The van der Waals surface area contributed by atoms with Gasteiger partial charge >= 0.3 is 0 Å². The van der Waals surface area contributed by atoms with Gasteiger partial charge < -0.3 is 19.6 Å². The minimum Gasteiger partial charge on any atom is -0.494 e. The van der Waals surface area contributed by atoms with E-state index in [1.165, 1.54) is 0 Å². The van der Waals surface area contributed by atoms with Crippen molar-refractivity contribution in [2.75, 3.05) is 18.5 Å². The summed E-state index contributed by atoms with van der Waals surface area (Å²) in [6, 6.07) is 11.1. The lowest BCUT2D eigenvalue weighted by molar-refractivity contribution is 0.162. The maximum absolute atomic E-state index is 9.86. The first-order chi connectivity index (χ1) is 8.79. The van der Waals surface area contributed by atoms with Gasteiger partial charge in [-0.15, -0.1) is 0 Å². The smallest absolute Gasteiger partial charge is 0.134 e. The lowest BCUT2D eigenvalue weighted by Crippen LogP contribution is -2.11. The Morgan fingerprint density at radius 2 is 2.22 bits per heavy atom. The third-order valence-electron chi connectivity index (χ3n) is 2.52. The second-order valence-electron chi connectivity index (χ2n) is 3.87. The largest absolute Gasteiger partial charge is 0.494 e. The Hall–Kier alpha value is -1.94. The fourth-order valence-corrected chi connectivity index (χ4v) is 1.66. The van der Waals surface area contributed by atoms with E-state index in [-0.39, 0.29) is 0 Å². The summed E-state index contributed by atoms with van der Waals surface area (Å²) in [6.45, 7) is 2.97. The Morgan fingerprint density at radius 3 is 2.94 bits per heavy atom. The molecule has 18 heavy (non-hydrogen) atoms. The molecule has 0 amide bonds. The monoisotopic (exact) mass is 247 g/mol. The molecule has 4 nitrogen and oxygen atoms in total. The lowest BCUT2D eigenvalue weighted by Gasteiger charge is -2.11. The topological polar surface area (TPSA) is 54.6 Å². The number of ether oxygens (including phenoxy) is 1. The van der Waals surface area contributed by atoms with Gasteiger partial charge in [-0.05, 0) is 31.2 Å². The molecule has 2 rings (SSSR count). The van der Waals surface area contributed by atoms with Gasteiger partial charge in [0.05, 0.1) is 12.9 Å². The molecule has 1 aromatic carbocycles. The van der Waals surface area contributed by atoms with Gasteiger partial charge in [-0.1, -0.05) is 6.07 Å². The van der Waals surface area contributed by atoms with Crippen molar-refractivity contribution in [2.24, 2.45) is 0 Å². The number of benzene rings is 1. The van der Waals surface area contributed by atoms with Gasteiger partial charge in [-0.2, -0.15) is 0 Å². The van der Waals surface area contributed by atoms with E-state index in [9.17, 15) is 5.11 Å². The van der Waals surface area contributed by atoms with Crippen LogP contribution < -0.4 is 10.1 Å². The van der Waals surface area contributed by atoms with Crippen LogP contribution in [0.4, 0.5) is 5.69 Å². The molecular weight excluding hydrogens is 230 g/mol.